The smallest absolute Gasteiger partial charge is 0.336 e. The summed E-state index contributed by atoms with van der Waals surface area (Å²) in [6.07, 6.45) is 1.00. The molecule has 0 saturated carbocycles. The zero-order valence-corrected chi connectivity index (χ0v) is 22.2. The fourth-order valence-electron chi connectivity index (χ4n) is 4.77. The summed E-state index contributed by atoms with van der Waals surface area (Å²) in [5.41, 5.74) is 4.41. The molecule has 184 valence electrons. The Morgan fingerprint density at radius 1 is 1.09 bits per heavy atom. The average molecular weight is 561 g/mol. The molecule has 0 fully saturated rings. The molecule has 0 unspecified atom stereocenters. The molecule has 0 spiro atoms. The van der Waals surface area contributed by atoms with Crippen molar-refractivity contribution >= 4 is 39.3 Å². The third kappa shape index (κ3) is 5.32. The summed E-state index contributed by atoms with van der Waals surface area (Å²) in [5.74, 6) is -0.326. The van der Waals surface area contributed by atoms with Gasteiger partial charge in [0.25, 0.3) is 0 Å². The molecular weight excluding hydrogens is 534 g/mol. The molecule has 0 amide bonds. The number of Topliss-reactive ketones (excluding diaryl/α,β-unsaturated/α-hetero) is 1. The van der Waals surface area contributed by atoms with Gasteiger partial charge in [-0.15, -0.1) is 0 Å². The molecule has 6 nitrogen and oxygen atoms in total. The minimum atomic E-state index is -0.554. The number of benzene rings is 2. The predicted molar refractivity (Wildman–Crippen MR) is 138 cm³/mol. The van der Waals surface area contributed by atoms with Crippen LogP contribution in [0.4, 0.5) is 0 Å². The zero-order chi connectivity index (χ0) is 25.1. The van der Waals surface area contributed by atoms with Crippen LogP contribution in [0.3, 0.4) is 0 Å². The molecule has 0 saturated heterocycles. The molecule has 1 aliphatic carbocycles. The van der Waals surface area contributed by atoms with Crippen molar-refractivity contribution in [3.8, 4) is 5.75 Å². The largest absolute Gasteiger partial charge is 0.496 e. The minimum Gasteiger partial charge on any atom is -0.496 e. The Labute approximate surface area is 218 Å². The normalized spacial score (nSPS) is 19.9. The third-order valence-corrected chi connectivity index (χ3v) is 7.29. The SMILES string of the molecule is COCCOC(=O)C1=C(C)NC2=C(C(=O)C[C@H](c3ccc(Cl)cc3)C2)[C@@H]1c1ccc(OC)c(Br)c1. The van der Waals surface area contributed by atoms with Gasteiger partial charge in [-0.1, -0.05) is 29.8 Å². The first-order valence-electron chi connectivity index (χ1n) is 11.3. The summed E-state index contributed by atoms with van der Waals surface area (Å²) < 4.78 is 16.6. The number of rotatable bonds is 7. The fourth-order valence-corrected chi connectivity index (χ4v) is 5.46. The van der Waals surface area contributed by atoms with Gasteiger partial charge in [-0.2, -0.15) is 0 Å². The highest BCUT2D eigenvalue weighted by atomic mass is 79.9. The number of hydrogen-bond donors (Lipinski definition) is 1. The zero-order valence-electron chi connectivity index (χ0n) is 19.8. The van der Waals surface area contributed by atoms with Gasteiger partial charge in [-0.05, 0) is 70.6 Å². The Kier molecular flexibility index (Phi) is 7.99. The van der Waals surface area contributed by atoms with Gasteiger partial charge >= 0.3 is 5.97 Å². The van der Waals surface area contributed by atoms with E-state index in [1.807, 2.05) is 49.4 Å². The van der Waals surface area contributed by atoms with E-state index in [1.54, 1.807) is 14.2 Å². The number of nitrogens with one attached hydrogen (secondary N) is 1. The number of esters is 1. The Balaban J connectivity index is 1.77. The Hall–Kier alpha value is -2.61. The molecule has 1 aliphatic heterocycles. The molecule has 1 N–H and O–H groups in total. The van der Waals surface area contributed by atoms with E-state index < -0.39 is 11.9 Å². The summed E-state index contributed by atoms with van der Waals surface area (Å²) >= 11 is 9.61. The van der Waals surface area contributed by atoms with Crippen molar-refractivity contribution in [1.29, 1.82) is 0 Å². The van der Waals surface area contributed by atoms with Crippen molar-refractivity contribution in [2.24, 2.45) is 0 Å². The summed E-state index contributed by atoms with van der Waals surface area (Å²) in [6, 6.07) is 13.2. The molecule has 4 rings (SSSR count). The van der Waals surface area contributed by atoms with Gasteiger partial charge in [-0.25, -0.2) is 4.79 Å². The number of carbonyl (C=O) groups excluding carboxylic acids is 2. The highest BCUT2D eigenvalue weighted by Gasteiger charge is 2.41. The van der Waals surface area contributed by atoms with Crippen LogP contribution in [0.25, 0.3) is 0 Å². The van der Waals surface area contributed by atoms with Crippen molar-refractivity contribution in [3.63, 3.8) is 0 Å². The molecule has 8 heteroatoms. The summed E-state index contributed by atoms with van der Waals surface area (Å²) in [7, 11) is 3.14. The van der Waals surface area contributed by atoms with Crippen LogP contribution in [0.5, 0.6) is 5.75 Å². The van der Waals surface area contributed by atoms with Gasteiger partial charge in [0.05, 0.1) is 23.8 Å². The Morgan fingerprint density at radius 2 is 1.80 bits per heavy atom. The average Bonchev–Trinajstić information content (AvgIpc) is 2.83. The molecule has 2 aromatic rings. The topological polar surface area (TPSA) is 73.9 Å². The summed E-state index contributed by atoms with van der Waals surface area (Å²) in [4.78, 5) is 26.9. The lowest BCUT2D eigenvalue weighted by molar-refractivity contribution is -0.140. The van der Waals surface area contributed by atoms with Crippen LogP contribution in [0.2, 0.25) is 5.02 Å². The number of dihydropyridines is 1. The number of ketones is 1. The van der Waals surface area contributed by atoms with Crippen molar-refractivity contribution < 1.29 is 23.8 Å². The standard InChI is InChI=1S/C27H27BrClNO5/c1-15-24(27(32)35-11-10-33-2)25(17-6-9-23(34-3)20(28)12-17)26-21(30-15)13-18(14-22(26)31)16-4-7-19(29)8-5-16/h4-9,12,18,25,30H,10-11,13-14H2,1-3H3/t18-,25-/m1/s1. The van der Waals surface area contributed by atoms with Gasteiger partial charge in [0.2, 0.25) is 0 Å². The lowest BCUT2D eigenvalue weighted by atomic mass is 9.71. The quantitative estimate of drug-likeness (QED) is 0.348. The molecule has 2 aromatic carbocycles. The number of allylic oxidation sites excluding steroid dienone is 3. The number of halogens is 2. The van der Waals surface area contributed by atoms with Crippen LogP contribution < -0.4 is 10.1 Å². The van der Waals surface area contributed by atoms with E-state index in [1.165, 1.54) is 0 Å². The molecule has 0 radical (unpaired) electrons. The van der Waals surface area contributed by atoms with Gasteiger partial charge in [0.1, 0.15) is 12.4 Å². The molecule has 2 aliphatic rings. The predicted octanol–water partition coefficient (Wildman–Crippen LogP) is 5.66. The van der Waals surface area contributed by atoms with Gasteiger partial charge < -0.3 is 19.5 Å². The first-order valence-corrected chi connectivity index (χ1v) is 12.5. The second-order valence-corrected chi connectivity index (χ2v) is 9.88. The maximum Gasteiger partial charge on any atom is 0.336 e. The van der Waals surface area contributed by atoms with E-state index in [0.717, 1.165) is 21.3 Å². The summed E-state index contributed by atoms with van der Waals surface area (Å²) in [6.45, 7) is 2.27. The van der Waals surface area contributed by atoms with Gasteiger partial charge in [0.15, 0.2) is 5.78 Å². The van der Waals surface area contributed by atoms with E-state index in [2.05, 4.69) is 21.2 Å². The Morgan fingerprint density at radius 3 is 2.46 bits per heavy atom. The Bertz CT molecular complexity index is 1200. The lowest BCUT2D eigenvalue weighted by Gasteiger charge is -2.36. The van der Waals surface area contributed by atoms with Crippen LogP contribution in [0.15, 0.2) is 69.5 Å². The van der Waals surface area contributed by atoms with Crippen molar-refractivity contribution in [2.45, 2.75) is 31.6 Å². The van der Waals surface area contributed by atoms with Crippen molar-refractivity contribution in [3.05, 3.63) is 85.6 Å². The van der Waals surface area contributed by atoms with Crippen LogP contribution in [-0.4, -0.2) is 39.2 Å². The van der Waals surface area contributed by atoms with E-state index in [4.69, 9.17) is 25.8 Å². The van der Waals surface area contributed by atoms with Gasteiger partial charge in [-0.3, -0.25) is 4.79 Å². The maximum atomic E-state index is 13.7. The van der Waals surface area contributed by atoms with Crippen LogP contribution in [0.1, 0.15) is 42.7 Å². The van der Waals surface area contributed by atoms with E-state index in [-0.39, 0.29) is 18.3 Å². The second-order valence-electron chi connectivity index (χ2n) is 8.59. The number of hydrogen-bond acceptors (Lipinski definition) is 6. The van der Waals surface area contributed by atoms with Crippen molar-refractivity contribution in [1.82, 2.24) is 5.32 Å². The molecule has 2 atom stereocenters. The fraction of sp³-hybridized carbons (Fsp3) is 0.333. The number of ether oxygens (including phenoxy) is 3. The molecule has 1 heterocycles. The second kappa shape index (κ2) is 11.0. The highest BCUT2D eigenvalue weighted by Crippen LogP contribution is 2.46. The van der Waals surface area contributed by atoms with E-state index in [0.29, 0.717) is 47.1 Å². The van der Waals surface area contributed by atoms with Gasteiger partial charge in [0, 0.05) is 41.4 Å². The molecule has 0 aromatic heterocycles. The van der Waals surface area contributed by atoms with Crippen LogP contribution in [-0.2, 0) is 19.1 Å². The number of methoxy groups -OCH3 is 2. The van der Waals surface area contributed by atoms with E-state index >= 15 is 0 Å². The first-order chi connectivity index (χ1) is 16.8. The first kappa shape index (κ1) is 25.5. The van der Waals surface area contributed by atoms with Crippen LogP contribution >= 0.6 is 27.5 Å². The summed E-state index contributed by atoms with van der Waals surface area (Å²) in [5, 5.41) is 4.02. The highest BCUT2D eigenvalue weighted by molar-refractivity contribution is 9.10. The van der Waals surface area contributed by atoms with Crippen molar-refractivity contribution in [2.75, 3.05) is 27.4 Å². The lowest BCUT2D eigenvalue weighted by Crippen LogP contribution is -2.36. The molecule has 35 heavy (non-hydrogen) atoms. The monoisotopic (exact) mass is 559 g/mol. The molecular formula is C27H27BrClNO5. The number of carbonyl (C=O) groups is 2. The maximum absolute atomic E-state index is 13.7. The molecule has 0 bridgehead atoms. The van der Waals surface area contributed by atoms with Crippen LogP contribution in [0, 0.1) is 0 Å². The third-order valence-electron chi connectivity index (χ3n) is 6.42. The minimum absolute atomic E-state index is 0.00494. The van der Waals surface area contributed by atoms with E-state index in [9.17, 15) is 9.59 Å².